The molecule has 3 heterocycles. The van der Waals surface area contributed by atoms with Crippen molar-refractivity contribution in [2.75, 3.05) is 12.1 Å². The summed E-state index contributed by atoms with van der Waals surface area (Å²) in [5, 5.41) is 4.25. The van der Waals surface area contributed by atoms with Gasteiger partial charge in [0.1, 0.15) is 5.00 Å². The normalized spacial score (nSPS) is 16.2. The zero-order chi connectivity index (χ0) is 24.1. The molecular weight excluding hydrogens is 462 g/mol. The average Bonchev–Trinajstić information content (AvgIpc) is 3.46. The van der Waals surface area contributed by atoms with E-state index in [1.165, 1.54) is 11.3 Å². The highest BCUT2D eigenvalue weighted by molar-refractivity contribution is 7.17. The molecule has 1 aliphatic heterocycles. The quantitative estimate of drug-likeness (QED) is 0.415. The van der Waals surface area contributed by atoms with Crippen LogP contribution in [0.4, 0.5) is 5.00 Å². The van der Waals surface area contributed by atoms with Crippen molar-refractivity contribution in [1.29, 1.82) is 0 Å². The summed E-state index contributed by atoms with van der Waals surface area (Å²) in [5.74, 6) is 1.06. The zero-order valence-corrected chi connectivity index (χ0v) is 19.9. The lowest BCUT2D eigenvalue weighted by Crippen LogP contribution is -2.19. The number of anilines is 1. The number of ether oxygens (including phenoxy) is 2. The van der Waals surface area contributed by atoms with Gasteiger partial charge in [0.2, 0.25) is 6.79 Å². The lowest BCUT2D eigenvalue weighted by Gasteiger charge is -2.18. The number of fused-ring (bicyclic) bond motifs is 3. The van der Waals surface area contributed by atoms with Crippen LogP contribution in [0.15, 0.2) is 48.5 Å². The molecule has 35 heavy (non-hydrogen) atoms. The number of primary amides is 1. The molecule has 2 aromatic heterocycles. The number of nitrogens with two attached hydrogens (primary N) is 1. The summed E-state index contributed by atoms with van der Waals surface area (Å²) in [7, 11) is 0. The van der Waals surface area contributed by atoms with Crippen molar-refractivity contribution < 1.29 is 19.1 Å². The first kappa shape index (κ1) is 21.6. The van der Waals surface area contributed by atoms with Crippen molar-refractivity contribution in [3.05, 3.63) is 70.1 Å². The van der Waals surface area contributed by atoms with E-state index in [2.05, 4.69) is 12.2 Å². The van der Waals surface area contributed by atoms with Crippen molar-refractivity contribution in [1.82, 2.24) is 4.98 Å². The maximum absolute atomic E-state index is 13.6. The Morgan fingerprint density at radius 1 is 1.11 bits per heavy atom. The van der Waals surface area contributed by atoms with Crippen LogP contribution in [0.1, 0.15) is 44.5 Å². The molecule has 2 amide bonds. The van der Waals surface area contributed by atoms with Crippen LogP contribution < -0.4 is 20.5 Å². The van der Waals surface area contributed by atoms with Gasteiger partial charge in [0.05, 0.1) is 22.3 Å². The van der Waals surface area contributed by atoms with Crippen LogP contribution in [0.3, 0.4) is 0 Å². The zero-order valence-electron chi connectivity index (χ0n) is 19.1. The van der Waals surface area contributed by atoms with E-state index in [9.17, 15) is 9.59 Å². The highest BCUT2D eigenvalue weighted by Crippen LogP contribution is 2.40. The van der Waals surface area contributed by atoms with E-state index >= 15 is 0 Å². The van der Waals surface area contributed by atoms with Crippen LogP contribution in [0.25, 0.3) is 22.2 Å². The Bertz CT molecular complexity index is 1510. The minimum Gasteiger partial charge on any atom is -0.454 e. The number of benzene rings is 2. The van der Waals surface area contributed by atoms with Crippen molar-refractivity contribution in [2.45, 2.75) is 26.2 Å². The highest BCUT2D eigenvalue weighted by atomic mass is 32.1. The van der Waals surface area contributed by atoms with E-state index < -0.39 is 5.91 Å². The summed E-state index contributed by atoms with van der Waals surface area (Å²) >= 11 is 1.46. The topological polar surface area (TPSA) is 104 Å². The Hall–Kier alpha value is -3.91. The number of pyridine rings is 1. The summed E-state index contributed by atoms with van der Waals surface area (Å²) in [4.78, 5) is 31.9. The summed E-state index contributed by atoms with van der Waals surface area (Å²) in [5.41, 5.74) is 9.80. The van der Waals surface area contributed by atoms with Gasteiger partial charge in [-0.15, -0.1) is 11.3 Å². The van der Waals surface area contributed by atoms with E-state index in [-0.39, 0.29) is 12.7 Å². The maximum atomic E-state index is 13.6. The number of amides is 2. The molecule has 3 N–H and O–H groups in total. The summed E-state index contributed by atoms with van der Waals surface area (Å²) in [6, 6.07) is 14.9. The highest BCUT2D eigenvalue weighted by Gasteiger charge is 2.28. The lowest BCUT2D eigenvalue weighted by molar-refractivity contribution is 0.1000. The Labute approximate surface area is 205 Å². The van der Waals surface area contributed by atoms with Crippen LogP contribution in [0.2, 0.25) is 0 Å². The molecule has 6 rings (SSSR count). The van der Waals surface area contributed by atoms with Gasteiger partial charge in [-0.1, -0.05) is 25.1 Å². The molecule has 1 aliphatic carbocycles. The first-order chi connectivity index (χ1) is 17.0. The van der Waals surface area contributed by atoms with Gasteiger partial charge in [0, 0.05) is 15.8 Å². The third-order valence-corrected chi connectivity index (χ3v) is 7.78. The van der Waals surface area contributed by atoms with Crippen LogP contribution in [0.5, 0.6) is 11.5 Å². The third-order valence-electron chi connectivity index (χ3n) is 6.61. The van der Waals surface area contributed by atoms with E-state index in [0.29, 0.717) is 44.8 Å². The van der Waals surface area contributed by atoms with Gasteiger partial charge in [-0.2, -0.15) is 0 Å². The minimum absolute atomic E-state index is 0.184. The molecule has 7 nitrogen and oxygen atoms in total. The smallest absolute Gasteiger partial charge is 0.257 e. The van der Waals surface area contributed by atoms with Gasteiger partial charge in [0.15, 0.2) is 11.5 Å². The third kappa shape index (κ3) is 3.80. The second kappa shape index (κ2) is 8.39. The van der Waals surface area contributed by atoms with Crippen molar-refractivity contribution >= 4 is 39.1 Å². The molecule has 1 atom stereocenters. The molecule has 0 unspecified atom stereocenters. The molecule has 0 saturated carbocycles. The molecule has 0 spiro atoms. The molecule has 0 fully saturated rings. The van der Waals surface area contributed by atoms with Crippen molar-refractivity contribution in [2.24, 2.45) is 11.7 Å². The number of para-hydroxylation sites is 1. The number of thiophene rings is 1. The van der Waals surface area contributed by atoms with Gasteiger partial charge in [-0.25, -0.2) is 4.98 Å². The number of nitrogens with one attached hydrogen (secondary N) is 1. The molecule has 2 aromatic carbocycles. The fourth-order valence-electron chi connectivity index (χ4n) is 4.84. The summed E-state index contributed by atoms with van der Waals surface area (Å²) in [6.07, 6.45) is 2.70. The van der Waals surface area contributed by atoms with Crippen molar-refractivity contribution in [3.8, 4) is 22.8 Å². The first-order valence-electron chi connectivity index (χ1n) is 11.5. The second-order valence-electron chi connectivity index (χ2n) is 9.01. The second-order valence-corrected chi connectivity index (χ2v) is 10.1. The molecule has 4 aromatic rings. The fraction of sp³-hybridized carbons (Fsp3) is 0.222. The number of aromatic nitrogens is 1. The summed E-state index contributed by atoms with van der Waals surface area (Å²) in [6.45, 7) is 2.38. The maximum Gasteiger partial charge on any atom is 0.257 e. The Morgan fingerprint density at radius 3 is 2.80 bits per heavy atom. The molecular formula is C27H23N3O4S. The number of carbonyl (C=O) groups excluding carboxylic acids is 2. The fourth-order valence-corrected chi connectivity index (χ4v) is 6.25. The number of hydrogen-bond acceptors (Lipinski definition) is 6. The molecule has 0 saturated heterocycles. The molecule has 8 heteroatoms. The van der Waals surface area contributed by atoms with Crippen LogP contribution in [-0.2, 0) is 12.8 Å². The largest absolute Gasteiger partial charge is 0.454 e. The van der Waals surface area contributed by atoms with Crippen molar-refractivity contribution in [3.63, 3.8) is 0 Å². The van der Waals surface area contributed by atoms with Crippen LogP contribution in [-0.4, -0.2) is 23.6 Å². The van der Waals surface area contributed by atoms with Gasteiger partial charge in [-0.05, 0) is 61.1 Å². The van der Waals surface area contributed by atoms with E-state index in [1.807, 2.05) is 42.5 Å². The predicted molar refractivity (Wildman–Crippen MR) is 135 cm³/mol. The Balaban J connectivity index is 1.42. The molecule has 176 valence electrons. The minimum atomic E-state index is -0.506. The average molecular weight is 486 g/mol. The monoisotopic (exact) mass is 485 g/mol. The van der Waals surface area contributed by atoms with Gasteiger partial charge in [0.25, 0.3) is 11.8 Å². The van der Waals surface area contributed by atoms with E-state index in [1.54, 1.807) is 6.07 Å². The number of nitrogens with zero attached hydrogens (tertiary/aromatic N) is 1. The van der Waals surface area contributed by atoms with Gasteiger partial charge < -0.3 is 20.5 Å². The molecule has 0 bridgehead atoms. The molecule has 0 radical (unpaired) electrons. The SMILES string of the molecule is C[C@@H]1CCc2c(sc(NC(=O)c3cc(-c4ccc5c(c4)OCO5)nc4ccccc34)c2C(N)=O)C1. The number of hydrogen-bond donors (Lipinski definition) is 2. The standard InChI is InChI=1S/C27H23N3O4S/c1-14-6-8-17-23(10-14)35-27(24(17)25(28)31)30-26(32)18-12-20(29-19-5-3-2-4-16(18)19)15-7-9-21-22(11-15)34-13-33-21/h2-5,7,9,11-12,14H,6,8,10,13H2,1H3,(H2,28,31)(H,30,32)/t14-/m1/s1. The summed E-state index contributed by atoms with van der Waals surface area (Å²) < 4.78 is 10.9. The van der Waals surface area contributed by atoms with E-state index in [0.717, 1.165) is 40.7 Å². The van der Waals surface area contributed by atoms with E-state index in [4.69, 9.17) is 20.2 Å². The van der Waals surface area contributed by atoms with Gasteiger partial charge in [-0.3, -0.25) is 9.59 Å². The van der Waals surface area contributed by atoms with Crippen LogP contribution >= 0.6 is 11.3 Å². The Morgan fingerprint density at radius 2 is 1.94 bits per heavy atom. The molecule has 2 aliphatic rings. The number of rotatable bonds is 4. The Kier molecular flexibility index (Phi) is 5.18. The lowest BCUT2D eigenvalue weighted by atomic mass is 9.88. The number of carbonyl (C=O) groups is 2. The van der Waals surface area contributed by atoms with Crippen LogP contribution in [0, 0.1) is 5.92 Å². The van der Waals surface area contributed by atoms with Gasteiger partial charge >= 0.3 is 0 Å². The predicted octanol–water partition coefficient (Wildman–Crippen LogP) is 5.17. The first-order valence-corrected chi connectivity index (χ1v) is 12.3.